The Kier molecular flexibility index (Phi) is 7.89. The lowest BCUT2D eigenvalue weighted by Crippen LogP contribution is -2.40. The van der Waals surface area contributed by atoms with Crippen LogP contribution in [0.5, 0.6) is 0 Å². The Labute approximate surface area is 146 Å². The van der Waals surface area contributed by atoms with Gasteiger partial charge in [0.05, 0.1) is 6.61 Å². The van der Waals surface area contributed by atoms with E-state index in [0.717, 1.165) is 45.2 Å². The first kappa shape index (κ1) is 18.6. The number of nitrogens with zero attached hydrogens (tertiary/aromatic N) is 3. The first-order valence-corrected chi connectivity index (χ1v) is 8.95. The fraction of sp³-hybridized carbons (Fsp3) is 0.632. The Bertz CT molecular complexity index is 491. The molecule has 0 amide bonds. The number of nitrogens with one attached hydrogen (secondary N) is 1. The number of para-hydroxylation sites is 1. The Morgan fingerprint density at radius 3 is 2.83 bits per heavy atom. The molecule has 134 valence electrons. The molecular formula is C19H32N4O. The van der Waals surface area contributed by atoms with Crippen molar-refractivity contribution in [3.05, 3.63) is 30.3 Å². The maximum atomic E-state index is 5.27. The lowest BCUT2D eigenvalue weighted by atomic mass is 10.1. The highest BCUT2D eigenvalue weighted by Crippen LogP contribution is 2.16. The molecule has 5 heteroatoms. The summed E-state index contributed by atoms with van der Waals surface area (Å²) in [4.78, 5) is 9.08. The molecule has 1 aliphatic heterocycles. The molecule has 1 unspecified atom stereocenters. The molecule has 2 rings (SSSR count). The lowest BCUT2D eigenvalue weighted by molar-refractivity contribution is 0.157. The van der Waals surface area contributed by atoms with E-state index >= 15 is 0 Å². The van der Waals surface area contributed by atoms with Crippen molar-refractivity contribution >= 4 is 11.6 Å². The number of ether oxygens (including phenoxy) is 1. The summed E-state index contributed by atoms with van der Waals surface area (Å²) in [6.07, 6.45) is 3.50. The van der Waals surface area contributed by atoms with Gasteiger partial charge in [-0.2, -0.15) is 0 Å². The van der Waals surface area contributed by atoms with Gasteiger partial charge in [-0.15, -0.1) is 0 Å². The summed E-state index contributed by atoms with van der Waals surface area (Å²) in [6, 6.07) is 10.5. The predicted octanol–water partition coefficient (Wildman–Crippen LogP) is 2.45. The topological polar surface area (TPSA) is 40.1 Å². The molecule has 1 aliphatic rings. The van der Waals surface area contributed by atoms with Crippen LogP contribution in [0.4, 0.5) is 5.69 Å². The van der Waals surface area contributed by atoms with E-state index in [1.807, 2.05) is 7.05 Å². The number of hydrogen-bond donors (Lipinski definition) is 1. The minimum atomic E-state index is 0.632. The van der Waals surface area contributed by atoms with Crippen LogP contribution in [-0.4, -0.2) is 64.9 Å². The number of unbranched alkanes of at least 4 members (excludes halogenated alkanes) is 1. The second-order valence-corrected chi connectivity index (χ2v) is 6.49. The molecule has 1 atom stereocenters. The van der Waals surface area contributed by atoms with Gasteiger partial charge in [0.1, 0.15) is 0 Å². The number of rotatable bonds is 8. The zero-order valence-electron chi connectivity index (χ0n) is 15.4. The van der Waals surface area contributed by atoms with Crippen molar-refractivity contribution in [2.24, 2.45) is 10.9 Å². The molecule has 0 radical (unpaired) electrons. The number of anilines is 1. The standard InChI is InChI=1S/C19H32N4O/c1-20-19(23-14-11-17(15-23)16-24-3)21-12-7-8-13-22(2)18-9-5-4-6-10-18/h4-6,9-10,17H,7-8,11-16H2,1-3H3,(H,20,21). The lowest BCUT2D eigenvalue weighted by Gasteiger charge is -2.22. The first-order valence-electron chi connectivity index (χ1n) is 8.95. The predicted molar refractivity (Wildman–Crippen MR) is 102 cm³/mol. The highest BCUT2D eigenvalue weighted by atomic mass is 16.5. The highest BCUT2D eigenvalue weighted by Gasteiger charge is 2.24. The van der Waals surface area contributed by atoms with Crippen molar-refractivity contribution in [1.29, 1.82) is 0 Å². The summed E-state index contributed by atoms with van der Waals surface area (Å²) in [5.74, 6) is 1.66. The quantitative estimate of drug-likeness (QED) is 0.451. The van der Waals surface area contributed by atoms with E-state index in [1.54, 1.807) is 7.11 Å². The maximum absolute atomic E-state index is 5.27. The zero-order valence-corrected chi connectivity index (χ0v) is 15.4. The van der Waals surface area contributed by atoms with Crippen molar-refractivity contribution in [1.82, 2.24) is 10.2 Å². The molecule has 1 saturated heterocycles. The molecule has 0 aromatic heterocycles. The molecule has 1 N–H and O–H groups in total. The van der Waals surface area contributed by atoms with Crippen molar-refractivity contribution in [2.75, 3.05) is 58.9 Å². The van der Waals surface area contributed by atoms with Gasteiger partial charge in [0.25, 0.3) is 0 Å². The van der Waals surface area contributed by atoms with Gasteiger partial charge in [-0.25, -0.2) is 0 Å². The monoisotopic (exact) mass is 332 g/mol. The summed E-state index contributed by atoms with van der Waals surface area (Å²) < 4.78 is 5.27. The summed E-state index contributed by atoms with van der Waals surface area (Å²) in [7, 11) is 5.80. The SMILES string of the molecule is CN=C(NCCCCN(C)c1ccccc1)N1CCC(COC)C1. The van der Waals surface area contributed by atoms with Gasteiger partial charge in [0.2, 0.25) is 0 Å². The number of aliphatic imine (C=N–C) groups is 1. The molecule has 24 heavy (non-hydrogen) atoms. The van der Waals surface area contributed by atoms with Crippen LogP contribution >= 0.6 is 0 Å². The average molecular weight is 332 g/mol. The smallest absolute Gasteiger partial charge is 0.193 e. The summed E-state index contributed by atoms with van der Waals surface area (Å²) >= 11 is 0. The maximum Gasteiger partial charge on any atom is 0.193 e. The third kappa shape index (κ3) is 5.71. The molecule has 1 fully saturated rings. The van der Waals surface area contributed by atoms with E-state index in [9.17, 15) is 0 Å². The van der Waals surface area contributed by atoms with Crippen LogP contribution in [0.25, 0.3) is 0 Å². The average Bonchev–Trinajstić information content (AvgIpc) is 3.07. The molecular weight excluding hydrogens is 300 g/mol. The van der Waals surface area contributed by atoms with Gasteiger partial charge in [0, 0.05) is 59.0 Å². The number of benzene rings is 1. The van der Waals surface area contributed by atoms with E-state index < -0.39 is 0 Å². The fourth-order valence-electron chi connectivity index (χ4n) is 3.21. The van der Waals surface area contributed by atoms with Crippen LogP contribution in [0.2, 0.25) is 0 Å². The second-order valence-electron chi connectivity index (χ2n) is 6.49. The normalized spacial score (nSPS) is 18.0. The van der Waals surface area contributed by atoms with E-state index in [4.69, 9.17) is 4.74 Å². The van der Waals surface area contributed by atoms with Crippen LogP contribution in [0.1, 0.15) is 19.3 Å². The number of likely N-dealkylation sites (tertiary alicyclic amines) is 1. The van der Waals surface area contributed by atoms with Crippen LogP contribution in [-0.2, 0) is 4.74 Å². The van der Waals surface area contributed by atoms with Crippen LogP contribution in [0.3, 0.4) is 0 Å². The zero-order chi connectivity index (χ0) is 17.2. The Morgan fingerprint density at radius 2 is 2.12 bits per heavy atom. The van der Waals surface area contributed by atoms with Crippen molar-refractivity contribution in [3.63, 3.8) is 0 Å². The van der Waals surface area contributed by atoms with Gasteiger partial charge >= 0.3 is 0 Å². The molecule has 0 aliphatic carbocycles. The van der Waals surface area contributed by atoms with Gasteiger partial charge in [-0.3, -0.25) is 4.99 Å². The van der Waals surface area contributed by atoms with Crippen molar-refractivity contribution in [2.45, 2.75) is 19.3 Å². The molecule has 1 aromatic rings. The third-order valence-corrected chi connectivity index (χ3v) is 4.60. The van der Waals surface area contributed by atoms with E-state index in [-0.39, 0.29) is 0 Å². The number of hydrogen-bond acceptors (Lipinski definition) is 3. The largest absolute Gasteiger partial charge is 0.384 e. The first-order chi connectivity index (χ1) is 11.7. The van der Waals surface area contributed by atoms with Crippen LogP contribution in [0, 0.1) is 5.92 Å². The highest BCUT2D eigenvalue weighted by molar-refractivity contribution is 5.80. The molecule has 0 bridgehead atoms. The minimum absolute atomic E-state index is 0.632. The third-order valence-electron chi connectivity index (χ3n) is 4.60. The second kappa shape index (κ2) is 10.2. The molecule has 0 saturated carbocycles. The van der Waals surface area contributed by atoms with Crippen molar-refractivity contribution in [3.8, 4) is 0 Å². The molecule has 0 spiro atoms. The Balaban J connectivity index is 1.62. The molecule has 1 heterocycles. The summed E-state index contributed by atoms with van der Waals surface area (Å²) in [6.45, 7) is 5.01. The Hall–Kier alpha value is -1.75. The van der Waals surface area contributed by atoms with E-state index in [1.165, 1.54) is 18.5 Å². The van der Waals surface area contributed by atoms with Crippen LogP contribution in [0.15, 0.2) is 35.3 Å². The number of guanidine groups is 1. The van der Waals surface area contributed by atoms with Gasteiger partial charge in [-0.1, -0.05) is 18.2 Å². The van der Waals surface area contributed by atoms with E-state index in [2.05, 4.69) is 57.5 Å². The van der Waals surface area contributed by atoms with Gasteiger partial charge in [-0.05, 0) is 31.4 Å². The fourth-order valence-corrected chi connectivity index (χ4v) is 3.21. The Morgan fingerprint density at radius 1 is 1.33 bits per heavy atom. The summed E-state index contributed by atoms with van der Waals surface area (Å²) in [5, 5.41) is 3.50. The van der Waals surface area contributed by atoms with Crippen molar-refractivity contribution < 1.29 is 4.74 Å². The molecule has 1 aromatic carbocycles. The van der Waals surface area contributed by atoms with Gasteiger partial charge in [0.15, 0.2) is 5.96 Å². The number of methoxy groups -OCH3 is 1. The molecule has 5 nitrogen and oxygen atoms in total. The summed E-state index contributed by atoms with van der Waals surface area (Å²) in [5.41, 5.74) is 1.28. The van der Waals surface area contributed by atoms with Gasteiger partial charge < -0.3 is 19.9 Å². The van der Waals surface area contributed by atoms with E-state index in [0.29, 0.717) is 5.92 Å². The van der Waals surface area contributed by atoms with Crippen LogP contribution < -0.4 is 10.2 Å². The minimum Gasteiger partial charge on any atom is -0.384 e.